The zero-order valence-corrected chi connectivity index (χ0v) is 13.3. The Bertz CT molecular complexity index is 419. The van der Waals surface area contributed by atoms with E-state index in [9.17, 15) is 22.8 Å². The highest BCUT2D eigenvalue weighted by Crippen LogP contribution is 2.32. The molecule has 22 heavy (non-hydrogen) atoms. The molecule has 0 radical (unpaired) electrons. The lowest BCUT2D eigenvalue weighted by molar-refractivity contribution is -0.197. The number of hydrogen-bond donors (Lipinski definition) is 1. The number of nitrogens with one attached hydrogen (secondary N) is 1. The van der Waals surface area contributed by atoms with Gasteiger partial charge in [0.2, 0.25) is 5.91 Å². The predicted molar refractivity (Wildman–Crippen MR) is 74.2 cm³/mol. The maximum Gasteiger partial charge on any atom is 0.408 e. The van der Waals surface area contributed by atoms with Crippen LogP contribution in [0.3, 0.4) is 0 Å². The Morgan fingerprint density at radius 2 is 1.82 bits per heavy atom. The van der Waals surface area contributed by atoms with Crippen LogP contribution in [0.5, 0.6) is 0 Å². The van der Waals surface area contributed by atoms with Gasteiger partial charge in [-0.05, 0) is 33.6 Å². The maximum absolute atomic E-state index is 13.0. The second kappa shape index (κ2) is 6.75. The van der Waals surface area contributed by atoms with Crippen LogP contribution in [0.1, 0.15) is 47.0 Å². The molecule has 2 atom stereocenters. The predicted octanol–water partition coefficient (Wildman–Crippen LogP) is 2.84. The number of amides is 2. The van der Waals surface area contributed by atoms with Crippen LogP contribution in [0.2, 0.25) is 0 Å². The molecule has 0 spiro atoms. The van der Waals surface area contributed by atoms with Crippen LogP contribution in [-0.2, 0) is 9.53 Å². The molecule has 2 amide bonds. The molecule has 5 nitrogen and oxygen atoms in total. The van der Waals surface area contributed by atoms with E-state index in [1.807, 2.05) is 0 Å². The smallest absolute Gasteiger partial charge is 0.408 e. The summed E-state index contributed by atoms with van der Waals surface area (Å²) in [6.45, 7) is 6.44. The third kappa shape index (κ3) is 5.38. The Morgan fingerprint density at radius 3 is 2.27 bits per heavy atom. The van der Waals surface area contributed by atoms with E-state index in [0.717, 1.165) is 4.90 Å². The lowest BCUT2D eigenvalue weighted by Crippen LogP contribution is -2.58. The molecule has 0 aromatic carbocycles. The Hall–Kier alpha value is -1.47. The molecule has 0 saturated carbocycles. The minimum Gasteiger partial charge on any atom is -0.444 e. The van der Waals surface area contributed by atoms with Gasteiger partial charge in [0.25, 0.3) is 0 Å². The number of nitrogens with zero attached hydrogens (tertiary/aromatic N) is 1. The largest absolute Gasteiger partial charge is 0.444 e. The number of hydrogen-bond acceptors (Lipinski definition) is 3. The second-order valence-electron chi connectivity index (χ2n) is 6.38. The van der Waals surface area contributed by atoms with Crippen LogP contribution in [0.4, 0.5) is 18.0 Å². The molecule has 1 saturated heterocycles. The number of halogens is 3. The first-order valence-electron chi connectivity index (χ1n) is 7.29. The lowest BCUT2D eigenvalue weighted by Gasteiger charge is -2.40. The summed E-state index contributed by atoms with van der Waals surface area (Å²) >= 11 is 0. The Kier molecular flexibility index (Phi) is 5.70. The van der Waals surface area contributed by atoms with Crippen molar-refractivity contribution in [2.75, 3.05) is 6.54 Å². The highest BCUT2D eigenvalue weighted by molar-refractivity contribution is 5.76. The monoisotopic (exact) mass is 324 g/mol. The third-order valence-corrected chi connectivity index (χ3v) is 3.30. The SMILES string of the molecule is CCC(=O)N1C[C@@H](NC(=O)OC(C)(C)C)CC[C@H]1C(F)(F)F. The molecule has 1 fully saturated rings. The van der Waals surface area contributed by atoms with Crippen molar-refractivity contribution in [3.8, 4) is 0 Å². The number of alkyl halides is 3. The maximum atomic E-state index is 13.0. The quantitative estimate of drug-likeness (QED) is 0.850. The summed E-state index contributed by atoms with van der Waals surface area (Å²) < 4.78 is 44.1. The highest BCUT2D eigenvalue weighted by Gasteiger charge is 2.47. The molecule has 1 N–H and O–H groups in total. The van der Waals surface area contributed by atoms with Gasteiger partial charge in [0.15, 0.2) is 0 Å². The molecule has 1 aliphatic rings. The van der Waals surface area contributed by atoms with Gasteiger partial charge in [0.1, 0.15) is 11.6 Å². The Morgan fingerprint density at radius 1 is 1.23 bits per heavy atom. The minimum atomic E-state index is -4.46. The van der Waals surface area contributed by atoms with Crippen molar-refractivity contribution in [1.29, 1.82) is 0 Å². The number of carbonyl (C=O) groups is 2. The van der Waals surface area contributed by atoms with Crippen molar-refractivity contribution in [3.05, 3.63) is 0 Å². The van der Waals surface area contributed by atoms with Crippen LogP contribution in [0, 0.1) is 0 Å². The van der Waals surface area contributed by atoms with E-state index in [1.165, 1.54) is 6.92 Å². The van der Waals surface area contributed by atoms with E-state index in [1.54, 1.807) is 20.8 Å². The Balaban J connectivity index is 2.72. The molecular formula is C14H23F3N2O3. The molecule has 0 bridgehead atoms. The lowest BCUT2D eigenvalue weighted by atomic mass is 9.97. The third-order valence-electron chi connectivity index (χ3n) is 3.30. The fourth-order valence-electron chi connectivity index (χ4n) is 2.38. The summed E-state index contributed by atoms with van der Waals surface area (Å²) in [6.07, 6.45) is -5.23. The second-order valence-corrected chi connectivity index (χ2v) is 6.38. The standard InChI is InChI=1S/C14H23F3N2O3/c1-5-11(20)19-8-9(6-7-10(19)14(15,16)17)18-12(21)22-13(2,3)4/h9-10H,5-8H2,1-4H3,(H,18,21)/t9-,10-/m0/s1. The summed E-state index contributed by atoms with van der Waals surface area (Å²) in [6, 6.07) is -2.32. The first-order chi connectivity index (χ1) is 9.94. The van der Waals surface area contributed by atoms with E-state index in [4.69, 9.17) is 4.74 Å². The highest BCUT2D eigenvalue weighted by atomic mass is 19.4. The van der Waals surface area contributed by atoms with Gasteiger partial charge in [-0.3, -0.25) is 4.79 Å². The van der Waals surface area contributed by atoms with Crippen LogP contribution >= 0.6 is 0 Å². The molecule has 128 valence electrons. The number of rotatable bonds is 2. The van der Waals surface area contributed by atoms with Gasteiger partial charge < -0.3 is 15.0 Å². The zero-order valence-electron chi connectivity index (χ0n) is 13.3. The van der Waals surface area contributed by atoms with Crippen molar-refractivity contribution >= 4 is 12.0 Å². The molecule has 1 rings (SSSR count). The van der Waals surface area contributed by atoms with E-state index in [2.05, 4.69) is 5.32 Å². The van der Waals surface area contributed by atoms with Gasteiger partial charge in [0.05, 0.1) is 0 Å². The average Bonchev–Trinajstić information content (AvgIpc) is 2.33. The molecule has 1 aliphatic heterocycles. The van der Waals surface area contributed by atoms with Crippen LogP contribution in [0.15, 0.2) is 0 Å². The normalized spacial score (nSPS) is 23.1. The van der Waals surface area contributed by atoms with Gasteiger partial charge in [0, 0.05) is 19.0 Å². The molecule has 0 aromatic heterocycles. The minimum absolute atomic E-state index is 0.00820. The van der Waals surface area contributed by atoms with Crippen molar-refractivity contribution in [1.82, 2.24) is 10.2 Å². The van der Waals surface area contributed by atoms with E-state index >= 15 is 0 Å². The number of carbonyl (C=O) groups excluding carboxylic acids is 2. The van der Waals surface area contributed by atoms with Crippen molar-refractivity contribution < 1.29 is 27.5 Å². The summed E-state index contributed by atoms with van der Waals surface area (Å²) in [5, 5.41) is 2.53. The van der Waals surface area contributed by atoms with Crippen molar-refractivity contribution in [3.63, 3.8) is 0 Å². The first kappa shape index (κ1) is 18.6. The zero-order chi connectivity index (χ0) is 17.1. The van der Waals surface area contributed by atoms with E-state index in [0.29, 0.717) is 0 Å². The fraction of sp³-hybridized carbons (Fsp3) is 0.857. The first-order valence-corrected chi connectivity index (χ1v) is 7.29. The van der Waals surface area contributed by atoms with E-state index < -0.39 is 35.9 Å². The summed E-state index contributed by atoms with van der Waals surface area (Å²) in [5.74, 6) is -0.571. The van der Waals surface area contributed by atoms with Crippen molar-refractivity contribution in [2.45, 2.75) is 70.8 Å². The van der Waals surface area contributed by atoms with Crippen molar-refractivity contribution in [2.24, 2.45) is 0 Å². The average molecular weight is 324 g/mol. The molecule has 8 heteroatoms. The molecular weight excluding hydrogens is 301 g/mol. The summed E-state index contributed by atoms with van der Waals surface area (Å²) in [7, 11) is 0. The van der Waals surface area contributed by atoms with Crippen LogP contribution < -0.4 is 5.32 Å². The van der Waals surface area contributed by atoms with Gasteiger partial charge >= 0.3 is 12.3 Å². The summed E-state index contributed by atoms with van der Waals surface area (Å²) in [5.41, 5.74) is -0.688. The number of piperidine rings is 1. The fourth-order valence-corrected chi connectivity index (χ4v) is 2.38. The number of alkyl carbamates (subject to hydrolysis) is 1. The summed E-state index contributed by atoms with van der Waals surface area (Å²) in [4.78, 5) is 24.3. The van der Waals surface area contributed by atoms with Gasteiger partial charge in [-0.2, -0.15) is 13.2 Å². The number of ether oxygens (including phenoxy) is 1. The topological polar surface area (TPSA) is 58.6 Å². The van der Waals surface area contributed by atoms with Crippen LogP contribution in [-0.4, -0.2) is 47.3 Å². The molecule has 0 aromatic rings. The molecule has 1 heterocycles. The molecule has 0 aliphatic carbocycles. The van der Waals surface area contributed by atoms with Gasteiger partial charge in [-0.25, -0.2) is 4.79 Å². The van der Waals surface area contributed by atoms with Gasteiger partial charge in [-0.15, -0.1) is 0 Å². The van der Waals surface area contributed by atoms with E-state index in [-0.39, 0.29) is 25.8 Å². The number of likely N-dealkylation sites (tertiary alicyclic amines) is 1. The van der Waals surface area contributed by atoms with Crippen LogP contribution in [0.25, 0.3) is 0 Å². The Labute approximate surface area is 128 Å². The van der Waals surface area contributed by atoms with Gasteiger partial charge in [-0.1, -0.05) is 6.92 Å². The molecule has 0 unspecified atom stereocenters.